The van der Waals surface area contributed by atoms with Crippen molar-refractivity contribution in [1.82, 2.24) is 9.88 Å². The van der Waals surface area contributed by atoms with Crippen LogP contribution in [0, 0.1) is 23.0 Å². The van der Waals surface area contributed by atoms with Gasteiger partial charge in [0, 0.05) is 26.2 Å². The van der Waals surface area contributed by atoms with E-state index in [1.54, 1.807) is 24.3 Å². The fourth-order valence-corrected chi connectivity index (χ4v) is 4.29. The lowest BCUT2D eigenvalue weighted by molar-refractivity contribution is 0.0974. The number of rotatable bonds is 8. The molecule has 35 heavy (non-hydrogen) atoms. The van der Waals surface area contributed by atoms with Crippen LogP contribution in [0.15, 0.2) is 60.8 Å². The number of aliphatic hydroxyl groups is 2. The monoisotopic (exact) mass is 480 g/mol. The zero-order valence-corrected chi connectivity index (χ0v) is 19.0. The maximum absolute atomic E-state index is 13.6. The number of piperazine rings is 1. The van der Waals surface area contributed by atoms with Crippen LogP contribution in [0.25, 0.3) is 0 Å². The fraction of sp³-hybridized carbons (Fsp3) is 0.308. The van der Waals surface area contributed by atoms with Gasteiger partial charge in [0.1, 0.15) is 36.2 Å². The molecule has 1 aliphatic rings. The number of nitrogens with zero attached hydrogens (tertiary/aromatic N) is 4. The first-order chi connectivity index (χ1) is 17.0. The van der Waals surface area contributed by atoms with Crippen molar-refractivity contribution in [3.63, 3.8) is 0 Å². The third-order valence-electron chi connectivity index (χ3n) is 6.00. The zero-order valence-electron chi connectivity index (χ0n) is 19.0. The molecule has 4 rings (SSSR count). The van der Waals surface area contributed by atoms with Gasteiger partial charge in [0.2, 0.25) is 0 Å². The number of halogens is 2. The highest BCUT2D eigenvalue weighted by atomic mass is 19.1. The van der Waals surface area contributed by atoms with Crippen LogP contribution in [0.4, 0.5) is 14.5 Å². The highest BCUT2D eigenvalue weighted by molar-refractivity contribution is 5.63. The van der Waals surface area contributed by atoms with Crippen molar-refractivity contribution in [2.45, 2.75) is 12.1 Å². The van der Waals surface area contributed by atoms with E-state index in [0.717, 1.165) is 17.4 Å². The summed E-state index contributed by atoms with van der Waals surface area (Å²) in [5, 5.41) is 29.5. The van der Waals surface area contributed by atoms with E-state index in [1.807, 2.05) is 6.07 Å². The molecule has 1 saturated heterocycles. The molecule has 1 fully saturated rings. The number of β-amino-alcohol motifs (C(OH)–C–C–N with tert-alkyl or cyclic N) is 1. The third-order valence-corrected chi connectivity index (χ3v) is 6.00. The van der Waals surface area contributed by atoms with Crippen molar-refractivity contribution in [3.8, 4) is 11.8 Å². The maximum Gasteiger partial charge on any atom is 0.141 e. The van der Waals surface area contributed by atoms with Crippen LogP contribution in [0.5, 0.6) is 5.75 Å². The van der Waals surface area contributed by atoms with Crippen LogP contribution in [0.3, 0.4) is 0 Å². The van der Waals surface area contributed by atoms with E-state index >= 15 is 0 Å². The summed E-state index contributed by atoms with van der Waals surface area (Å²) >= 11 is 0. The summed E-state index contributed by atoms with van der Waals surface area (Å²) in [6, 6.07) is 16.2. The standard InChI is InChI=1S/C26H26F2N4O3/c27-20-3-1-18(2-4-20)25-16-31(17-26(34)23-7-5-21(28)15-30-23)9-10-32(25)24-8-6-22(35-12-11-33)13-19(24)14-29/h1-8,13,15,25-26,33-34H,9-12,16-17H2/t25-,26+/m0/s1. The van der Waals surface area contributed by atoms with E-state index in [0.29, 0.717) is 43.2 Å². The SMILES string of the molecule is N#Cc1cc(OCCO)ccc1N1CCN(C[C@@H](O)c2ccc(F)cn2)C[C@H]1c1ccc(F)cc1. The van der Waals surface area contributed by atoms with Gasteiger partial charge >= 0.3 is 0 Å². The highest BCUT2D eigenvalue weighted by Gasteiger charge is 2.31. The van der Waals surface area contributed by atoms with Crippen molar-refractivity contribution in [1.29, 1.82) is 5.26 Å². The van der Waals surface area contributed by atoms with Gasteiger partial charge in [-0.1, -0.05) is 12.1 Å². The van der Waals surface area contributed by atoms with E-state index in [9.17, 15) is 19.1 Å². The predicted octanol–water partition coefficient (Wildman–Crippen LogP) is 3.20. The first-order valence-electron chi connectivity index (χ1n) is 11.3. The minimum absolute atomic E-state index is 0.127. The molecule has 2 atom stereocenters. The second kappa shape index (κ2) is 11.2. The molecule has 0 amide bonds. The molecule has 1 aromatic heterocycles. The molecule has 0 unspecified atom stereocenters. The number of aliphatic hydroxyl groups excluding tert-OH is 2. The Bertz CT molecular complexity index is 1170. The topological polar surface area (TPSA) is 92.9 Å². The van der Waals surface area contributed by atoms with Crippen molar-refractivity contribution >= 4 is 5.69 Å². The number of hydrogen-bond acceptors (Lipinski definition) is 7. The molecule has 2 heterocycles. The van der Waals surface area contributed by atoms with E-state index in [-0.39, 0.29) is 25.1 Å². The number of pyridine rings is 1. The van der Waals surface area contributed by atoms with Gasteiger partial charge in [-0.05, 0) is 48.0 Å². The normalized spacial score (nSPS) is 17.1. The van der Waals surface area contributed by atoms with Gasteiger partial charge in [-0.25, -0.2) is 8.78 Å². The lowest BCUT2D eigenvalue weighted by Gasteiger charge is -2.44. The van der Waals surface area contributed by atoms with Crippen LogP contribution < -0.4 is 9.64 Å². The molecule has 1 aliphatic heterocycles. The van der Waals surface area contributed by atoms with Crippen LogP contribution in [0.1, 0.15) is 29.0 Å². The Balaban J connectivity index is 1.59. The Morgan fingerprint density at radius 3 is 2.54 bits per heavy atom. The number of benzene rings is 2. The molecule has 0 radical (unpaired) electrons. The first-order valence-corrected chi connectivity index (χ1v) is 11.3. The lowest BCUT2D eigenvalue weighted by Crippen LogP contribution is -2.49. The van der Waals surface area contributed by atoms with Gasteiger partial charge in [0.25, 0.3) is 0 Å². The molecule has 9 heteroatoms. The summed E-state index contributed by atoms with van der Waals surface area (Å²) in [5.41, 5.74) is 2.41. The molecule has 0 aliphatic carbocycles. The van der Waals surface area contributed by atoms with Gasteiger partial charge in [0.15, 0.2) is 0 Å². The van der Waals surface area contributed by atoms with Gasteiger partial charge in [-0.2, -0.15) is 5.26 Å². The van der Waals surface area contributed by atoms with Crippen LogP contribution >= 0.6 is 0 Å². The van der Waals surface area contributed by atoms with Gasteiger partial charge in [0.05, 0.1) is 35.8 Å². The smallest absolute Gasteiger partial charge is 0.141 e. The zero-order chi connectivity index (χ0) is 24.8. The average molecular weight is 481 g/mol. The number of hydrogen-bond donors (Lipinski definition) is 2. The maximum atomic E-state index is 13.6. The van der Waals surface area contributed by atoms with Crippen LogP contribution in [0.2, 0.25) is 0 Å². The third kappa shape index (κ3) is 5.92. The largest absolute Gasteiger partial charge is 0.491 e. The minimum Gasteiger partial charge on any atom is -0.491 e. The predicted molar refractivity (Wildman–Crippen MR) is 126 cm³/mol. The van der Waals surface area contributed by atoms with Crippen molar-refractivity contribution in [2.75, 3.05) is 44.3 Å². The van der Waals surface area contributed by atoms with E-state index in [1.165, 1.54) is 24.3 Å². The molecular formula is C26H26F2N4O3. The molecule has 0 bridgehead atoms. The van der Waals surface area contributed by atoms with Crippen molar-refractivity contribution in [3.05, 3.63) is 89.2 Å². The Morgan fingerprint density at radius 1 is 1.09 bits per heavy atom. The summed E-state index contributed by atoms with van der Waals surface area (Å²) in [7, 11) is 0. The summed E-state index contributed by atoms with van der Waals surface area (Å²) in [4.78, 5) is 8.15. The molecule has 2 aromatic carbocycles. The lowest BCUT2D eigenvalue weighted by atomic mass is 9.99. The molecule has 0 spiro atoms. The van der Waals surface area contributed by atoms with Crippen LogP contribution in [-0.2, 0) is 0 Å². The Morgan fingerprint density at radius 2 is 1.86 bits per heavy atom. The number of aromatic nitrogens is 1. The van der Waals surface area contributed by atoms with E-state index < -0.39 is 11.9 Å². The van der Waals surface area contributed by atoms with Crippen LogP contribution in [-0.4, -0.2) is 59.5 Å². The number of nitriles is 1. The summed E-state index contributed by atoms with van der Waals surface area (Å²) in [6.45, 7) is 1.96. The average Bonchev–Trinajstić information content (AvgIpc) is 2.88. The summed E-state index contributed by atoms with van der Waals surface area (Å²) < 4.78 is 32.3. The second-order valence-electron chi connectivity index (χ2n) is 8.30. The van der Waals surface area contributed by atoms with E-state index in [4.69, 9.17) is 9.84 Å². The number of ether oxygens (including phenoxy) is 1. The molecule has 182 valence electrons. The first kappa shape index (κ1) is 24.5. The molecular weight excluding hydrogens is 454 g/mol. The summed E-state index contributed by atoms with van der Waals surface area (Å²) in [5.74, 6) is -0.313. The fourth-order valence-electron chi connectivity index (χ4n) is 4.29. The Kier molecular flexibility index (Phi) is 7.87. The molecule has 3 aromatic rings. The van der Waals surface area contributed by atoms with Gasteiger partial charge in [-0.15, -0.1) is 0 Å². The molecule has 2 N–H and O–H groups in total. The highest BCUT2D eigenvalue weighted by Crippen LogP contribution is 2.35. The minimum atomic E-state index is -0.895. The molecule has 0 saturated carbocycles. The second-order valence-corrected chi connectivity index (χ2v) is 8.30. The Labute approximate surface area is 202 Å². The van der Waals surface area contributed by atoms with Crippen molar-refractivity contribution in [2.24, 2.45) is 0 Å². The van der Waals surface area contributed by atoms with Gasteiger partial charge in [-0.3, -0.25) is 9.88 Å². The number of anilines is 1. The Hall–Kier alpha value is -3.58. The summed E-state index contributed by atoms with van der Waals surface area (Å²) in [6.07, 6.45) is 0.184. The quantitative estimate of drug-likeness (QED) is 0.512. The van der Waals surface area contributed by atoms with Crippen molar-refractivity contribution < 1.29 is 23.7 Å². The van der Waals surface area contributed by atoms with Gasteiger partial charge < -0.3 is 19.8 Å². The molecule has 7 nitrogen and oxygen atoms in total. The van der Waals surface area contributed by atoms with E-state index in [2.05, 4.69) is 20.9 Å².